The molecule has 4 atom stereocenters. The molecule has 0 aliphatic rings. The molecule has 194 valence electrons. The number of guanidine groups is 1. The van der Waals surface area contributed by atoms with E-state index in [4.69, 9.17) is 28.7 Å². The van der Waals surface area contributed by atoms with Crippen LogP contribution in [0.2, 0.25) is 0 Å². The van der Waals surface area contributed by atoms with Crippen molar-refractivity contribution in [3.05, 3.63) is 0 Å². The molecule has 0 spiro atoms. The molecule has 34 heavy (non-hydrogen) atoms. The Labute approximate surface area is 197 Å². The maximum absolute atomic E-state index is 12.9. The van der Waals surface area contributed by atoms with Crippen LogP contribution in [-0.2, 0) is 24.0 Å². The topological polar surface area (TPSA) is 284 Å². The number of carbonyl (C=O) groups excluding carboxylic acids is 4. The van der Waals surface area contributed by atoms with E-state index in [1.807, 2.05) is 0 Å². The van der Waals surface area contributed by atoms with Gasteiger partial charge in [0.2, 0.25) is 23.6 Å². The number of carboxylic acids is 1. The average molecular weight is 488 g/mol. The first-order valence-corrected chi connectivity index (χ1v) is 10.8. The number of aliphatic imine (C=N–C) groups is 1. The molecule has 0 aliphatic carbocycles. The van der Waals surface area contributed by atoms with Crippen LogP contribution in [0.15, 0.2) is 4.99 Å². The van der Waals surface area contributed by atoms with E-state index in [-0.39, 0.29) is 25.3 Å². The minimum atomic E-state index is -1.56. The molecule has 4 amide bonds. The van der Waals surface area contributed by atoms with E-state index in [1.54, 1.807) is 0 Å². The zero-order valence-corrected chi connectivity index (χ0v) is 19.3. The van der Waals surface area contributed by atoms with Crippen molar-refractivity contribution >= 4 is 35.6 Å². The zero-order valence-electron chi connectivity index (χ0n) is 19.3. The van der Waals surface area contributed by atoms with Gasteiger partial charge in [-0.05, 0) is 45.6 Å². The highest BCUT2D eigenvalue weighted by atomic mass is 16.4. The minimum absolute atomic E-state index is 0.124. The summed E-state index contributed by atoms with van der Waals surface area (Å²) in [5.74, 6) is -4.60. The van der Waals surface area contributed by atoms with E-state index in [9.17, 15) is 29.1 Å². The largest absolute Gasteiger partial charge is 0.480 e. The summed E-state index contributed by atoms with van der Waals surface area (Å²) in [5.41, 5.74) is 26.6. The highest BCUT2D eigenvalue weighted by Crippen LogP contribution is 2.06. The number of carbonyl (C=O) groups is 5. The molecular formula is C19H37N9O6. The number of rotatable bonds is 17. The Bertz CT molecular complexity index is 740. The van der Waals surface area contributed by atoms with Gasteiger partial charge in [0.25, 0.3) is 0 Å². The highest BCUT2D eigenvalue weighted by Gasteiger charge is 2.30. The van der Waals surface area contributed by atoms with E-state index in [0.29, 0.717) is 25.8 Å². The van der Waals surface area contributed by atoms with Crippen molar-refractivity contribution in [2.24, 2.45) is 33.7 Å². The van der Waals surface area contributed by atoms with Crippen molar-refractivity contribution in [1.29, 1.82) is 0 Å². The fourth-order valence-corrected chi connectivity index (χ4v) is 2.78. The summed E-state index contributed by atoms with van der Waals surface area (Å²) < 4.78 is 0. The Hall–Kier alpha value is -3.46. The van der Waals surface area contributed by atoms with Crippen molar-refractivity contribution in [3.8, 4) is 0 Å². The first-order chi connectivity index (χ1) is 15.9. The lowest BCUT2D eigenvalue weighted by molar-refractivity contribution is -0.143. The van der Waals surface area contributed by atoms with Crippen LogP contribution in [0.25, 0.3) is 0 Å². The van der Waals surface area contributed by atoms with Crippen LogP contribution in [0.4, 0.5) is 0 Å². The average Bonchev–Trinajstić information content (AvgIpc) is 2.73. The van der Waals surface area contributed by atoms with Crippen LogP contribution in [0.3, 0.4) is 0 Å². The van der Waals surface area contributed by atoms with Gasteiger partial charge in [0.05, 0.1) is 12.5 Å². The second-order valence-electron chi connectivity index (χ2n) is 7.71. The molecule has 0 rings (SSSR count). The number of hydrogen-bond acceptors (Lipinski definition) is 8. The predicted octanol–water partition coefficient (Wildman–Crippen LogP) is -4.07. The second kappa shape index (κ2) is 16.2. The quantitative estimate of drug-likeness (QED) is 0.0543. The molecule has 0 aromatic heterocycles. The number of nitrogens with one attached hydrogen (secondary N) is 3. The van der Waals surface area contributed by atoms with Crippen molar-refractivity contribution in [3.63, 3.8) is 0 Å². The molecule has 0 aromatic carbocycles. The maximum atomic E-state index is 12.9. The molecule has 15 heteroatoms. The van der Waals surface area contributed by atoms with Gasteiger partial charge in [0.15, 0.2) is 5.96 Å². The van der Waals surface area contributed by atoms with Crippen molar-refractivity contribution < 1.29 is 29.1 Å². The van der Waals surface area contributed by atoms with Gasteiger partial charge in [0.1, 0.15) is 18.1 Å². The molecule has 15 nitrogen and oxygen atoms in total. The van der Waals surface area contributed by atoms with Crippen LogP contribution in [0, 0.1) is 0 Å². The molecule has 0 aliphatic heterocycles. The number of carboxylic acid groups (broad SMARTS) is 1. The number of nitrogens with zero attached hydrogens (tertiary/aromatic N) is 1. The number of unbranched alkanes of at least 4 members (excludes halogenated alkanes) is 1. The van der Waals surface area contributed by atoms with Crippen molar-refractivity contribution in [1.82, 2.24) is 16.0 Å². The number of nitrogens with two attached hydrogens (primary N) is 5. The Kier molecular flexibility index (Phi) is 14.6. The Morgan fingerprint density at radius 1 is 0.824 bits per heavy atom. The monoisotopic (exact) mass is 487 g/mol. The number of hydrogen-bond donors (Lipinski definition) is 9. The molecule has 0 saturated heterocycles. The maximum Gasteiger partial charge on any atom is 0.326 e. The standard InChI is InChI=1S/C19H37N9O6/c1-10(21)15(30)26-12(6-4-8-25-19(23)24)16(31)27-11(5-2-3-7-20)17(32)28-13(18(33)34)9-14(22)29/h10-13H,2-9,20-21H2,1H3,(H2,22,29)(H,26,30)(H,27,31)(H,28,32)(H,33,34)(H4,23,24,25). The first-order valence-electron chi connectivity index (χ1n) is 10.8. The Balaban J connectivity index is 5.50. The minimum Gasteiger partial charge on any atom is -0.480 e. The van der Waals surface area contributed by atoms with Gasteiger partial charge in [-0.25, -0.2) is 4.79 Å². The van der Waals surface area contributed by atoms with E-state index in [0.717, 1.165) is 0 Å². The molecule has 0 saturated carbocycles. The van der Waals surface area contributed by atoms with Gasteiger partial charge in [-0.2, -0.15) is 0 Å². The van der Waals surface area contributed by atoms with Gasteiger partial charge < -0.3 is 49.7 Å². The Morgan fingerprint density at radius 2 is 1.32 bits per heavy atom. The van der Waals surface area contributed by atoms with Gasteiger partial charge in [-0.15, -0.1) is 0 Å². The molecule has 0 fully saturated rings. The van der Waals surface area contributed by atoms with E-state index >= 15 is 0 Å². The van der Waals surface area contributed by atoms with E-state index < -0.39 is 60.2 Å². The van der Waals surface area contributed by atoms with Crippen molar-refractivity contribution in [2.75, 3.05) is 13.1 Å². The third-order valence-electron chi connectivity index (χ3n) is 4.59. The Morgan fingerprint density at radius 3 is 1.76 bits per heavy atom. The lowest BCUT2D eigenvalue weighted by Crippen LogP contribution is -2.57. The van der Waals surface area contributed by atoms with E-state index in [2.05, 4.69) is 20.9 Å². The lowest BCUT2D eigenvalue weighted by Gasteiger charge is -2.25. The third-order valence-corrected chi connectivity index (χ3v) is 4.59. The summed E-state index contributed by atoms with van der Waals surface area (Å²) in [6, 6.07) is -4.66. The fourth-order valence-electron chi connectivity index (χ4n) is 2.78. The number of aliphatic carboxylic acids is 1. The first kappa shape index (κ1) is 30.5. The summed E-state index contributed by atoms with van der Waals surface area (Å²) in [6.45, 7) is 1.99. The van der Waals surface area contributed by atoms with Crippen LogP contribution >= 0.6 is 0 Å². The summed E-state index contributed by atoms with van der Waals surface area (Å²) in [5, 5.41) is 16.5. The van der Waals surface area contributed by atoms with Crippen LogP contribution in [-0.4, -0.2) is 77.9 Å². The van der Waals surface area contributed by atoms with E-state index in [1.165, 1.54) is 6.92 Å². The molecule has 0 bridgehead atoms. The molecule has 0 aromatic rings. The number of amides is 4. The summed E-state index contributed by atoms with van der Waals surface area (Å²) >= 11 is 0. The van der Waals surface area contributed by atoms with Crippen LogP contribution in [0.5, 0.6) is 0 Å². The molecule has 0 radical (unpaired) electrons. The van der Waals surface area contributed by atoms with Gasteiger partial charge in [0, 0.05) is 6.54 Å². The second-order valence-corrected chi connectivity index (χ2v) is 7.71. The number of primary amides is 1. The third kappa shape index (κ3) is 13.2. The summed E-state index contributed by atoms with van der Waals surface area (Å²) in [4.78, 5) is 64.0. The molecule has 14 N–H and O–H groups in total. The van der Waals surface area contributed by atoms with Crippen LogP contribution < -0.4 is 44.6 Å². The summed E-state index contributed by atoms with van der Waals surface area (Å²) in [6.07, 6.45) is 0.981. The molecule has 4 unspecified atom stereocenters. The van der Waals surface area contributed by atoms with Gasteiger partial charge in [-0.1, -0.05) is 0 Å². The van der Waals surface area contributed by atoms with Gasteiger partial charge in [-0.3, -0.25) is 24.2 Å². The van der Waals surface area contributed by atoms with Crippen LogP contribution in [0.1, 0.15) is 45.4 Å². The lowest BCUT2D eigenvalue weighted by atomic mass is 10.0. The van der Waals surface area contributed by atoms with Crippen molar-refractivity contribution in [2.45, 2.75) is 69.6 Å². The normalized spacial score (nSPS) is 14.1. The summed E-state index contributed by atoms with van der Waals surface area (Å²) in [7, 11) is 0. The molecular weight excluding hydrogens is 450 g/mol. The smallest absolute Gasteiger partial charge is 0.326 e. The zero-order chi connectivity index (χ0) is 26.3. The highest BCUT2D eigenvalue weighted by molar-refractivity contribution is 5.94. The van der Waals surface area contributed by atoms with Gasteiger partial charge >= 0.3 is 5.97 Å². The fraction of sp³-hybridized carbons (Fsp3) is 0.684. The SMILES string of the molecule is CC(N)C(=O)NC(CCCN=C(N)N)C(=O)NC(CCCCN)C(=O)NC(CC(N)=O)C(=O)O. The molecule has 0 heterocycles. The predicted molar refractivity (Wildman–Crippen MR) is 124 cm³/mol.